The number of rotatable bonds is 6. The number of thiophene rings is 1. The van der Waals surface area contributed by atoms with Crippen LogP contribution < -0.4 is 14.2 Å². The Morgan fingerprint density at radius 2 is 1.88 bits per heavy atom. The topological polar surface area (TPSA) is 90.7 Å². The summed E-state index contributed by atoms with van der Waals surface area (Å²) in [5.41, 5.74) is 0.928. The molecule has 1 aromatic carbocycles. The van der Waals surface area contributed by atoms with Gasteiger partial charge < -0.3 is 14.0 Å². The van der Waals surface area contributed by atoms with Gasteiger partial charge in [-0.2, -0.15) is 0 Å². The predicted molar refractivity (Wildman–Crippen MR) is 99.9 cm³/mol. The van der Waals surface area contributed by atoms with Crippen LogP contribution in [0, 0.1) is 6.92 Å². The summed E-state index contributed by atoms with van der Waals surface area (Å²) in [6.07, 6.45) is 0. The van der Waals surface area contributed by atoms with E-state index >= 15 is 0 Å². The van der Waals surface area contributed by atoms with Crippen LogP contribution in [0.1, 0.15) is 5.69 Å². The fraction of sp³-hybridized carbons (Fsp3) is 0.188. The number of hydrogen-bond donors (Lipinski definition) is 1. The second-order valence-corrected chi connectivity index (χ2v) is 8.64. The van der Waals surface area contributed by atoms with Crippen molar-refractivity contribution < 1.29 is 22.4 Å². The quantitative estimate of drug-likeness (QED) is 0.650. The van der Waals surface area contributed by atoms with Crippen molar-refractivity contribution in [1.29, 1.82) is 0 Å². The first-order valence-electron chi connectivity index (χ1n) is 7.32. The Morgan fingerprint density at radius 3 is 2.50 bits per heavy atom. The number of aryl methyl sites for hydroxylation is 1. The van der Waals surface area contributed by atoms with Gasteiger partial charge in [0, 0.05) is 12.1 Å². The predicted octanol–water partition coefficient (Wildman–Crippen LogP) is 4.18. The average molecular weight is 415 g/mol. The number of benzene rings is 1. The molecule has 0 bridgehead atoms. The van der Waals surface area contributed by atoms with E-state index in [0.717, 1.165) is 11.3 Å². The lowest BCUT2D eigenvalue weighted by Gasteiger charge is -2.13. The van der Waals surface area contributed by atoms with E-state index in [0.29, 0.717) is 22.1 Å². The molecule has 0 saturated heterocycles. The van der Waals surface area contributed by atoms with E-state index < -0.39 is 10.0 Å². The molecule has 0 atom stereocenters. The van der Waals surface area contributed by atoms with Crippen LogP contribution >= 0.6 is 22.9 Å². The highest BCUT2D eigenvalue weighted by molar-refractivity contribution is 7.94. The fourth-order valence-electron chi connectivity index (χ4n) is 2.21. The van der Waals surface area contributed by atoms with Crippen LogP contribution in [0.5, 0.6) is 11.5 Å². The molecule has 0 radical (unpaired) electrons. The second kappa shape index (κ2) is 7.18. The first-order valence-corrected chi connectivity index (χ1v) is 9.99. The molecule has 0 unspecified atom stereocenters. The lowest BCUT2D eigenvalue weighted by atomic mass is 10.3. The number of halogens is 1. The van der Waals surface area contributed by atoms with Crippen LogP contribution in [-0.2, 0) is 10.0 Å². The van der Waals surface area contributed by atoms with Gasteiger partial charge in [0.25, 0.3) is 10.0 Å². The maximum atomic E-state index is 12.7. The molecule has 26 heavy (non-hydrogen) atoms. The van der Waals surface area contributed by atoms with Crippen LogP contribution in [0.2, 0.25) is 5.02 Å². The van der Waals surface area contributed by atoms with E-state index in [4.69, 9.17) is 25.6 Å². The zero-order valence-electron chi connectivity index (χ0n) is 14.1. The highest BCUT2D eigenvalue weighted by atomic mass is 35.5. The van der Waals surface area contributed by atoms with Crippen LogP contribution in [0.15, 0.2) is 39.1 Å². The number of ether oxygens (including phenoxy) is 2. The lowest BCUT2D eigenvalue weighted by Crippen LogP contribution is -2.12. The number of nitrogens with zero attached hydrogens (tertiary/aromatic N) is 1. The Morgan fingerprint density at radius 1 is 1.15 bits per heavy atom. The largest absolute Gasteiger partial charge is 0.495 e. The van der Waals surface area contributed by atoms with E-state index in [1.807, 2.05) is 0 Å². The summed E-state index contributed by atoms with van der Waals surface area (Å²) in [7, 11) is -0.948. The van der Waals surface area contributed by atoms with E-state index in [-0.39, 0.29) is 20.7 Å². The van der Waals surface area contributed by atoms with Crippen molar-refractivity contribution in [3.63, 3.8) is 0 Å². The minimum Gasteiger partial charge on any atom is -0.495 e. The summed E-state index contributed by atoms with van der Waals surface area (Å²) in [5.74, 6) is 1.18. The van der Waals surface area contributed by atoms with Crippen LogP contribution in [-0.4, -0.2) is 27.8 Å². The molecule has 0 amide bonds. The summed E-state index contributed by atoms with van der Waals surface area (Å²) in [4.78, 5) is 0.658. The molecule has 0 saturated carbocycles. The average Bonchev–Trinajstić information content (AvgIpc) is 3.24. The van der Waals surface area contributed by atoms with E-state index in [9.17, 15) is 8.42 Å². The third kappa shape index (κ3) is 3.64. The number of anilines is 1. The van der Waals surface area contributed by atoms with Gasteiger partial charge in [0.1, 0.15) is 15.7 Å². The molecule has 3 rings (SSSR count). The van der Waals surface area contributed by atoms with Gasteiger partial charge in [0.15, 0.2) is 5.76 Å². The van der Waals surface area contributed by atoms with Crippen molar-refractivity contribution in [2.24, 2.45) is 0 Å². The number of sulfonamides is 1. The van der Waals surface area contributed by atoms with Gasteiger partial charge in [-0.1, -0.05) is 16.8 Å². The summed E-state index contributed by atoms with van der Waals surface area (Å²) in [6, 6.07) is 7.85. The molecule has 1 N–H and O–H groups in total. The van der Waals surface area contributed by atoms with E-state index in [1.165, 1.54) is 32.4 Å². The highest BCUT2D eigenvalue weighted by Crippen LogP contribution is 2.38. The normalized spacial score (nSPS) is 11.4. The molecule has 2 aromatic heterocycles. The molecular formula is C16H15ClN2O5S2. The third-order valence-corrected chi connectivity index (χ3v) is 6.69. The van der Waals surface area contributed by atoms with Crippen molar-refractivity contribution in [3.8, 4) is 22.1 Å². The Hall–Kier alpha value is -2.23. The second-order valence-electron chi connectivity index (χ2n) is 5.24. The molecule has 0 aliphatic heterocycles. The van der Waals surface area contributed by atoms with Crippen molar-refractivity contribution in [2.45, 2.75) is 11.1 Å². The van der Waals surface area contributed by atoms with Gasteiger partial charge in [-0.05, 0) is 25.1 Å². The maximum Gasteiger partial charge on any atom is 0.271 e. The Labute approximate surface area is 159 Å². The first-order chi connectivity index (χ1) is 12.3. The maximum absolute atomic E-state index is 12.7. The minimum atomic E-state index is -3.84. The number of nitrogens with one attached hydrogen (secondary N) is 1. The zero-order chi connectivity index (χ0) is 18.9. The number of hydrogen-bond acceptors (Lipinski definition) is 7. The van der Waals surface area contributed by atoms with Gasteiger partial charge in [-0.15, -0.1) is 11.3 Å². The van der Waals surface area contributed by atoms with Crippen LogP contribution in [0.25, 0.3) is 10.6 Å². The van der Waals surface area contributed by atoms with Gasteiger partial charge in [-0.3, -0.25) is 4.72 Å². The zero-order valence-corrected chi connectivity index (χ0v) is 16.5. The molecular weight excluding hydrogens is 400 g/mol. The minimum absolute atomic E-state index is 0.121. The SMILES string of the molecule is COc1cc(OC)c(NS(=O)(=O)c2ccc(-c3cc(C)no3)s2)cc1Cl. The lowest BCUT2D eigenvalue weighted by molar-refractivity contribution is 0.396. The molecule has 10 heteroatoms. The van der Waals surface area contributed by atoms with Crippen LogP contribution in [0.4, 0.5) is 5.69 Å². The molecule has 0 spiro atoms. The van der Waals surface area contributed by atoms with Gasteiger partial charge in [0.2, 0.25) is 0 Å². The Kier molecular flexibility index (Phi) is 5.12. The molecule has 7 nitrogen and oxygen atoms in total. The summed E-state index contributed by atoms with van der Waals surface area (Å²) >= 11 is 7.16. The molecule has 0 aliphatic carbocycles. The fourth-order valence-corrected chi connectivity index (χ4v) is 4.77. The highest BCUT2D eigenvalue weighted by Gasteiger charge is 2.21. The first kappa shape index (κ1) is 18.6. The van der Waals surface area contributed by atoms with Crippen molar-refractivity contribution in [1.82, 2.24) is 5.16 Å². The molecule has 0 aliphatic rings. The standard InChI is InChI=1S/C16H15ClN2O5S2/c1-9-6-14(24-18-9)15-4-5-16(25-15)26(20,21)19-11-7-10(17)12(22-2)8-13(11)23-3/h4-8,19H,1-3H3. The summed E-state index contributed by atoms with van der Waals surface area (Å²) in [6.45, 7) is 1.79. The van der Waals surface area contributed by atoms with Crippen molar-refractivity contribution in [2.75, 3.05) is 18.9 Å². The van der Waals surface area contributed by atoms with Crippen LogP contribution in [0.3, 0.4) is 0 Å². The van der Waals surface area contributed by atoms with Gasteiger partial charge in [-0.25, -0.2) is 8.42 Å². The van der Waals surface area contributed by atoms with E-state index in [1.54, 1.807) is 19.1 Å². The summed E-state index contributed by atoms with van der Waals surface area (Å²) < 4.78 is 43.5. The molecule has 0 fully saturated rings. The number of methoxy groups -OCH3 is 2. The Bertz CT molecular complexity index is 1040. The van der Waals surface area contributed by atoms with Crippen molar-refractivity contribution in [3.05, 3.63) is 41.0 Å². The van der Waals surface area contributed by atoms with E-state index in [2.05, 4.69) is 9.88 Å². The molecule has 2 heterocycles. The molecule has 138 valence electrons. The van der Waals surface area contributed by atoms with Gasteiger partial charge >= 0.3 is 0 Å². The summed E-state index contributed by atoms with van der Waals surface area (Å²) in [5, 5.41) is 4.06. The Balaban J connectivity index is 1.92. The smallest absolute Gasteiger partial charge is 0.271 e. The van der Waals surface area contributed by atoms with Crippen molar-refractivity contribution >= 4 is 38.6 Å². The van der Waals surface area contributed by atoms with Gasteiger partial charge in [0.05, 0.1) is 35.5 Å². The monoisotopic (exact) mass is 414 g/mol. The third-order valence-electron chi connectivity index (χ3n) is 3.44. The molecule has 3 aromatic rings. The number of aromatic nitrogens is 1.